The van der Waals surface area contributed by atoms with Crippen LogP contribution in [0.5, 0.6) is 0 Å². The van der Waals surface area contributed by atoms with Gasteiger partial charge in [0.2, 0.25) is 0 Å². The summed E-state index contributed by atoms with van der Waals surface area (Å²) >= 11 is 13.7. The maximum absolute atomic E-state index is 13.5. The van der Waals surface area contributed by atoms with Crippen LogP contribution in [-0.2, 0) is 19.1 Å². The van der Waals surface area contributed by atoms with Crippen molar-refractivity contribution in [3.63, 3.8) is 0 Å². The van der Waals surface area contributed by atoms with Crippen molar-refractivity contribution >= 4 is 57.8 Å². The van der Waals surface area contributed by atoms with Gasteiger partial charge in [0.25, 0.3) is 0 Å². The summed E-state index contributed by atoms with van der Waals surface area (Å²) in [7, 11) is 0. The molecular formula is C23H27Cl2N3O4S. The fraction of sp³-hybridized carbons (Fsp3) is 0.391. The Bertz CT molecular complexity index is 1030. The normalized spacial score (nSPS) is 18.4. The van der Waals surface area contributed by atoms with Gasteiger partial charge in [-0.2, -0.15) is 0 Å². The maximum Gasteiger partial charge on any atom is 0.337 e. The number of carbonyl (C=O) groups is 2. The smallest absolute Gasteiger partial charge is 0.337 e. The molecule has 2 unspecified atom stereocenters. The zero-order valence-corrected chi connectivity index (χ0v) is 21.2. The van der Waals surface area contributed by atoms with Gasteiger partial charge in [-0.1, -0.05) is 59.8 Å². The van der Waals surface area contributed by atoms with Crippen molar-refractivity contribution < 1.29 is 19.1 Å². The van der Waals surface area contributed by atoms with Crippen LogP contribution < -0.4 is 5.73 Å². The molecule has 2 rings (SSSR count). The topological polar surface area (TPSA) is 115 Å². The van der Waals surface area contributed by atoms with E-state index in [2.05, 4.69) is 11.6 Å². The van der Waals surface area contributed by atoms with Gasteiger partial charge in [0.15, 0.2) is 5.17 Å². The summed E-state index contributed by atoms with van der Waals surface area (Å²) < 4.78 is 11.0. The lowest BCUT2D eigenvalue weighted by Crippen LogP contribution is -2.40. The summed E-state index contributed by atoms with van der Waals surface area (Å²) in [6.07, 6.45) is 1.42. The Kier molecular flexibility index (Phi) is 9.17. The molecule has 2 atom stereocenters. The lowest BCUT2D eigenvalue weighted by Gasteiger charge is -2.34. The van der Waals surface area contributed by atoms with Gasteiger partial charge >= 0.3 is 11.9 Å². The molecule has 0 saturated heterocycles. The summed E-state index contributed by atoms with van der Waals surface area (Å²) in [5, 5.41) is 7.96. The van der Waals surface area contributed by atoms with Gasteiger partial charge in [-0.05, 0) is 39.3 Å². The van der Waals surface area contributed by atoms with E-state index in [0.717, 1.165) is 11.8 Å². The SMILES string of the molecule is C=CCOC(=O)C1=C(CSC(=N)N)N=C(C)C(c2cccc(Cl)c2Cl)C1C(=O)OC(C)(C)C. The molecule has 3 N–H and O–H groups in total. The highest BCUT2D eigenvalue weighted by molar-refractivity contribution is 8.13. The molecule has 1 aromatic carbocycles. The Labute approximate surface area is 207 Å². The van der Waals surface area contributed by atoms with Gasteiger partial charge in [0.1, 0.15) is 18.1 Å². The Morgan fingerprint density at radius 3 is 2.58 bits per heavy atom. The van der Waals surface area contributed by atoms with E-state index in [9.17, 15) is 9.59 Å². The van der Waals surface area contributed by atoms with Gasteiger partial charge in [-0.15, -0.1) is 0 Å². The third-order valence-electron chi connectivity index (χ3n) is 4.61. The maximum atomic E-state index is 13.5. The van der Waals surface area contributed by atoms with Crippen molar-refractivity contribution in [3.05, 3.63) is 57.7 Å². The average molecular weight is 512 g/mol. The zero-order chi connectivity index (χ0) is 24.9. The van der Waals surface area contributed by atoms with Crippen LogP contribution in [0.4, 0.5) is 0 Å². The fourth-order valence-corrected chi connectivity index (χ4v) is 4.37. The Morgan fingerprint density at radius 1 is 1.33 bits per heavy atom. The molecule has 10 heteroatoms. The molecule has 0 radical (unpaired) electrons. The summed E-state index contributed by atoms with van der Waals surface area (Å²) in [6.45, 7) is 10.5. The molecule has 0 aromatic heterocycles. The van der Waals surface area contributed by atoms with E-state index in [1.165, 1.54) is 6.08 Å². The van der Waals surface area contributed by atoms with E-state index in [1.54, 1.807) is 45.9 Å². The predicted molar refractivity (Wildman–Crippen MR) is 134 cm³/mol. The van der Waals surface area contributed by atoms with Gasteiger partial charge in [-0.3, -0.25) is 15.2 Å². The number of rotatable bonds is 7. The van der Waals surface area contributed by atoms with Crippen molar-refractivity contribution in [3.8, 4) is 0 Å². The largest absolute Gasteiger partial charge is 0.459 e. The molecule has 0 spiro atoms. The van der Waals surface area contributed by atoms with Crippen LogP contribution in [0.3, 0.4) is 0 Å². The summed E-state index contributed by atoms with van der Waals surface area (Å²) in [4.78, 5) is 31.3. The molecule has 1 aliphatic heterocycles. The first-order chi connectivity index (χ1) is 15.4. The molecule has 0 saturated carbocycles. The standard InChI is InChI=1S/C23H27Cl2N3O4S/c1-6-10-31-20(29)17-15(11-33-22(26)27)28-12(2)16(13-8-7-9-14(24)19(13)25)18(17)21(30)32-23(3,4)5/h6-9,16,18H,1,10-11H2,2-5H3,(H3,26,27). The van der Waals surface area contributed by atoms with E-state index in [0.29, 0.717) is 16.3 Å². The molecule has 1 heterocycles. The quantitative estimate of drug-likeness (QED) is 0.227. The van der Waals surface area contributed by atoms with Gasteiger partial charge in [-0.25, -0.2) is 4.79 Å². The van der Waals surface area contributed by atoms with E-state index >= 15 is 0 Å². The number of benzene rings is 1. The van der Waals surface area contributed by atoms with Gasteiger partial charge in [0.05, 0.1) is 21.3 Å². The zero-order valence-electron chi connectivity index (χ0n) is 18.9. The number of carbonyl (C=O) groups excluding carboxylic acids is 2. The average Bonchev–Trinajstić information content (AvgIpc) is 2.71. The molecule has 0 aliphatic carbocycles. The highest BCUT2D eigenvalue weighted by Gasteiger charge is 2.45. The first-order valence-corrected chi connectivity index (χ1v) is 11.8. The number of hydrogen-bond acceptors (Lipinski definition) is 7. The lowest BCUT2D eigenvalue weighted by atomic mass is 9.76. The van der Waals surface area contributed by atoms with E-state index < -0.39 is 29.4 Å². The molecule has 0 bridgehead atoms. The van der Waals surface area contributed by atoms with Crippen LogP contribution in [0.1, 0.15) is 39.2 Å². The molecule has 178 valence electrons. The molecular weight excluding hydrogens is 485 g/mol. The number of nitrogens with two attached hydrogens (primary N) is 1. The number of esters is 2. The Hall–Kier alpha value is -2.29. The first kappa shape index (κ1) is 27.0. The Morgan fingerprint density at radius 2 is 2.00 bits per heavy atom. The second-order valence-corrected chi connectivity index (χ2v) is 10.1. The molecule has 0 fully saturated rings. The predicted octanol–water partition coefficient (Wildman–Crippen LogP) is 5.12. The first-order valence-electron chi connectivity index (χ1n) is 10.1. The number of ether oxygens (including phenoxy) is 2. The Balaban J connectivity index is 2.75. The minimum atomic E-state index is -1.10. The van der Waals surface area contributed by atoms with Crippen LogP contribution in [0.2, 0.25) is 10.0 Å². The highest BCUT2D eigenvalue weighted by atomic mass is 35.5. The van der Waals surface area contributed by atoms with Crippen molar-refractivity contribution in [2.45, 2.75) is 39.2 Å². The number of hydrogen-bond donors (Lipinski definition) is 2. The molecule has 33 heavy (non-hydrogen) atoms. The van der Waals surface area contributed by atoms with Gasteiger partial charge < -0.3 is 15.2 Å². The van der Waals surface area contributed by atoms with Crippen LogP contribution in [-0.4, -0.2) is 40.8 Å². The van der Waals surface area contributed by atoms with Crippen molar-refractivity contribution in [2.75, 3.05) is 12.4 Å². The number of thioether (sulfide) groups is 1. The van der Waals surface area contributed by atoms with Crippen LogP contribution in [0, 0.1) is 11.3 Å². The fourth-order valence-electron chi connectivity index (χ4n) is 3.43. The summed E-state index contributed by atoms with van der Waals surface area (Å²) in [6, 6.07) is 5.08. The van der Waals surface area contributed by atoms with Crippen molar-refractivity contribution in [1.29, 1.82) is 5.41 Å². The molecule has 1 aromatic rings. The van der Waals surface area contributed by atoms with Crippen LogP contribution in [0.25, 0.3) is 0 Å². The summed E-state index contributed by atoms with van der Waals surface area (Å²) in [5.41, 5.74) is 6.08. The lowest BCUT2D eigenvalue weighted by molar-refractivity contribution is -0.160. The van der Waals surface area contributed by atoms with E-state index in [-0.39, 0.29) is 33.8 Å². The van der Waals surface area contributed by atoms with Crippen LogP contribution >= 0.6 is 35.0 Å². The number of nitrogens with one attached hydrogen (secondary N) is 1. The van der Waals surface area contributed by atoms with Crippen molar-refractivity contribution in [1.82, 2.24) is 0 Å². The monoisotopic (exact) mass is 511 g/mol. The summed E-state index contributed by atoms with van der Waals surface area (Å²) in [5.74, 6) is -3.08. The number of halogens is 2. The van der Waals surface area contributed by atoms with Crippen molar-refractivity contribution in [2.24, 2.45) is 16.6 Å². The highest BCUT2D eigenvalue weighted by Crippen LogP contribution is 2.43. The third kappa shape index (κ3) is 6.85. The molecule has 7 nitrogen and oxygen atoms in total. The van der Waals surface area contributed by atoms with Crippen LogP contribution in [0.15, 0.2) is 47.1 Å². The van der Waals surface area contributed by atoms with E-state index in [4.69, 9.17) is 43.8 Å². The number of aliphatic imine (C=N–C) groups is 1. The second kappa shape index (κ2) is 11.2. The minimum Gasteiger partial charge on any atom is -0.459 e. The number of nitrogens with zero attached hydrogens (tertiary/aromatic N) is 1. The van der Waals surface area contributed by atoms with E-state index in [1.807, 2.05) is 0 Å². The molecule has 1 aliphatic rings. The molecule has 0 amide bonds. The third-order valence-corrected chi connectivity index (χ3v) is 6.17. The number of amidine groups is 1. The van der Waals surface area contributed by atoms with Gasteiger partial charge in [0, 0.05) is 17.4 Å². The minimum absolute atomic E-state index is 0.0338. The second-order valence-electron chi connectivity index (χ2n) is 8.29.